The zero-order valence-electron chi connectivity index (χ0n) is 11.0. The van der Waals surface area contributed by atoms with Crippen molar-refractivity contribution in [1.29, 1.82) is 0 Å². The van der Waals surface area contributed by atoms with Crippen LogP contribution in [0.25, 0.3) is 0 Å². The number of morpholine rings is 1. The second kappa shape index (κ2) is 4.12. The maximum atomic E-state index is 9.73. The Morgan fingerprint density at radius 1 is 1.26 bits per heavy atom. The number of rotatable bonds is 1. The first-order valence-corrected chi connectivity index (χ1v) is 7.24. The Morgan fingerprint density at radius 3 is 2.95 bits per heavy atom. The first-order valence-electron chi connectivity index (χ1n) is 7.24. The second-order valence-electron chi connectivity index (χ2n) is 5.87. The number of phenolic OH excluding ortho intramolecular Hbond substituents is 1. The predicted octanol–water partition coefficient (Wildman–Crippen LogP) is 0.663. The Balaban J connectivity index is 1.73. The van der Waals surface area contributed by atoms with Gasteiger partial charge in [0.1, 0.15) is 24.6 Å². The summed E-state index contributed by atoms with van der Waals surface area (Å²) in [6, 6.07) is 5.54. The molecule has 19 heavy (non-hydrogen) atoms. The molecule has 0 spiro atoms. The first-order chi connectivity index (χ1) is 9.29. The highest BCUT2D eigenvalue weighted by Gasteiger charge is 2.59. The van der Waals surface area contributed by atoms with Crippen molar-refractivity contribution in [2.24, 2.45) is 0 Å². The summed E-state index contributed by atoms with van der Waals surface area (Å²) < 4.78 is 11.9. The third kappa shape index (κ3) is 1.60. The molecule has 1 aromatic rings. The van der Waals surface area contributed by atoms with Crippen LogP contribution in [0.4, 0.5) is 0 Å². The molecule has 0 amide bonds. The van der Waals surface area contributed by atoms with E-state index in [4.69, 9.17) is 9.47 Å². The molecule has 2 heterocycles. The minimum atomic E-state index is -0.0973. The van der Waals surface area contributed by atoms with Crippen molar-refractivity contribution in [3.05, 3.63) is 23.8 Å². The molecule has 4 nitrogen and oxygen atoms in total. The summed E-state index contributed by atoms with van der Waals surface area (Å²) in [7, 11) is 0. The molecule has 0 radical (unpaired) electrons. The number of fused-ring (bicyclic) bond motifs is 3. The van der Waals surface area contributed by atoms with E-state index >= 15 is 0 Å². The Morgan fingerprint density at radius 2 is 2.11 bits per heavy atom. The highest BCUT2D eigenvalue weighted by molar-refractivity contribution is 5.47. The molecule has 3 aliphatic rings. The molecule has 2 atom stereocenters. The topological polar surface area (TPSA) is 43.1 Å². The SMILES string of the molecule is Oc1ccc2c(c1)[C@@H]1CCC[C@@]1([NH+]1CCOCC1)O2. The molecule has 1 aromatic carbocycles. The van der Waals surface area contributed by atoms with Crippen LogP contribution in [0.2, 0.25) is 0 Å². The molecule has 2 N–H and O–H groups in total. The van der Waals surface area contributed by atoms with Gasteiger partial charge in [0.05, 0.1) is 19.1 Å². The van der Waals surface area contributed by atoms with Crippen LogP contribution >= 0.6 is 0 Å². The van der Waals surface area contributed by atoms with E-state index in [1.807, 2.05) is 12.1 Å². The fraction of sp³-hybridized carbons (Fsp3) is 0.600. The van der Waals surface area contributed by atoms with Gasteiger partial charge in [0.15, 0.2) is 0 Å². The third-order valence-corrected chi connectivity index (χ3v) is 4.96. The van der Waals surface area contributed by atoms with E-state index in [2.05, 4.69) is 0 Å². The number of quaternary nitrogens is 1. The van der Waals surface area contributed by atoms with Crippen LogP contribution in [0.15, 0.2) is 18.2 Å². The van der Waals surface area contributed by atoms with Crippen LogP contribution in [-0.4, -0.2) is 37.1 Å². The number of hydrogen-bond acceptors (Lipinski definition) is 3. The average molecular weight is 262 g/mol. The lowest BCUT2D eigenvalue weighted by Gasteiger charge is -2.39. The summed E-state index contributed by atoms with van der Waals surface area (Å²) in [5.74, 6) is 1.76. The molecule has 1 saturated heterocycles. The molecule has 4 rings (SSSR count). The molecule has 102 valence electrons. The summed E-state index contributed by atoms with van der Waals surface area (Å²) in [4.78, 5) is 1.52. The van der Waals surface area contributed by atoms with Crippen molar-refractivity contribution in [2.75, 3.05) is 26.3 Å². The number of aromatic hydroxyl groups is 1. The summed E-state index contributed by atoms with van der Waals surface area (Å²) >= 11 is 0. The van der Waals surface area contributed by atoms with Crippen LogP contribution in [0, 0.1) is 0 Å². The molecule has 0 unspecified atom stereocenters. The van der Waals surface area contributed by atoms with Gasteiger partial charge in [-0.05, 0) is 31.0 Å². The molecule has 0 aromatic heterocycles. The smallest absolute Gasteiger partial charge is 0.248 e. The largest absolute Gasteiger partial charge is 0.508 e. The lowest BCUT2D eigenvalue weighted by Crippen LogP contribution is -3.23. The zero-order valence-corrected chi connectivity index (χ0v) is 11.0. The Labute approximate surface area is 112 Å². The fourth-order valence-corrected chi connectivity index (χ4v) is 4.14. The lowest BCUT2D eigenvalue weighted by atomic mass is 9.92. The molecular formula is C15H20NO3+. The fourth-order valence-electron chi connectivity index (χ4n) is 4.14. The van der Waals surface area contributed by atoms with Gasteiger partial charge in [-0.2, -0.15) is 0 Å². The third-order valence-electron chi connectivity index (χ3n) is 4.96. The maximum Gasteiger partial charge on any atom is 0.248 e. The van der Waals surface area contributed by atoms with Gasteiger partial charge in [0.25, 0.3) is 0 Å². The number of ether oxygens (including phenoxy) is 2. The van der Waals surface area contributed by atoms with E-state index < -0.39 is 0 Å². The molecule has 2 fully saturated rings. The zero-order chi connectivity index (χ0) is 12.9. The van der Waals surface area contributed by atoms with Crippen LogP contribution in [0.5, 0.6) is 11.5 Å². The van der Waals surface area contributed by atoms with Crippen molar-refractivity contribution in [2.45, 2.75) is 30.9 Å². The van der Waals surface area contributed by atoms with Crippen molar-refractivity contribution in [1.82, 2.24) is 0 Å². The predicted molar refractivity (Wildman–Crippen MR) is 69.6 cm³/mol. The van der Waals surface area contributed by atoms with Gasteiger partial charge in [0.2, 0.25) is 5.72 Å². The van der Waals surface area contributed by atoms with E-state index in [1.165, 1.54) is 23.3 Å². The summed E-state index contributed by atoms with van der Waals surface area (Å²) in [5, 5.41) is 9.73. The molecule has 0 bridgehead atoms. The number of nitrogens with one attached hydrogen (secondary N) is 1. The minimum absolute atomic E-state index is 0.0973. The van der Waals surface area contributed by atoms with Gasteiger partial charge in [-0.1, -0.05) is 0 Å². The highest BCUT2D eigenvalue weighted by Crippen LogP contribution is 2.51. The molecule has 1 saturated carbocycles. The molecular weight excluding hydrogens is 242 g/mol. The van der Waals surface area contributed by atoms with Crippen LogP contribution in [0.1, 0.15) is 30.7 Å². The van der Waals surface area contributed by atoms with Gasteiger partial charge in [-0.25, -0.2) is 0 Å². The van der Waals surface area contributed by atoms with Crippen LogP contribution < -0.4 is 9.64 Å². The van der Waals surface area contributed by atoms with Gasteiger partial charge in [0, 0.05) is 12.0 Å². The van der Waals surface area contributed by atoms with E-state index in [0.29, 0.717) is 11.7 Å². The minimum Gasteiger partial charge on any atom is -0.508 e. The summed E-state index contributed by atoms with van der Waals surface area (Å²) in [5.41, 5.74) is 1.11. The van der Waals surface area contributed by atoms with Gasteiger partial charge in [-0.3, -0.25) is 4.90 Å². The molecule has 1 aliphatic carbocycles. The standard InChI is InChI=1S/C15H19NO3/c17-11-3-4-14-12(10-11)13-2-1-5-15(13,19-14)16-6-8-18-9-7-16/h3-4,10,13,17H,1-2,5-9H2/p+1/t13-,15+/m0/s1. The number of benzene rings is 1. The van der Waals surface area contributed by atoms with Crippen molar-refractivity contribution in [3.63, 3.8) is 0 Å². The van der Waals surface area contributed by atoms with Gasteiger partial charge >= 0.3 is 0 Å². The Hall–Kier alpha value is -1.26. The lowest BCUT2D eigenvalue weighted by molar-refractivity contribution is -0.980. The molecule has 4 heteroatoms. The van der Waals surface area contributed by atoms with Gasteiger partial charge < -0.3 is 14.6 Å². The van der Waals surface area contributed by atoms with Crippen LogP contribution in [-0.2, 0) is 4.74 Å². The highest BCUT2D eigenvalue weighted by atomic mass is 16.5. The quantitative estimate of drug-likeness (QED) is 0.781. The van der Waals surface area contributed by atoms with Crippen molar-refractivity contribution >= 4 is 0 Å². The normalized spacial score (nSPS) is 33.8. The second-order valence-corrected chi connectivity index (χ2v) is 5.87. The Kier molecular flexibility index (Phi) is 2.50. The molecule has 2 aliphatic heterocycles. The van der Waals surface area contributed by atoms with E-state index in [0.717, 1.165) is 38.5 Å². The summed E-state index contributed by atoms with van der Waals surface area (Å²) in [6.45, 7) is 3.70. The van der Waals surface area contributed by atoms with Crippen molar-refractivity contribution in [3.8, 4) is 11.5 Å². The van der Waals surface area contributed by atoms with E-state index in [1.54, 1.807) is 6.07 Å². The average Bonchev–Trinajstić information content (AvgIpc) is 2.97. The van der Waals surface area contributed by atoms with E-state index in [9.17, 15) is 5.11 Å². The number of hydrogen-bond donors (Lipinski definition) is 2. The van der Waals surface area contributed by atoms with Crippen LogP contribution in [0.3, 0.4) is 0 Å². The summed E-state index contributed by atoms with van der Waals surface area (Å²) in [6.07, 6.45) is 3.49. The number of phenols is 1. The van der Waals surface area contributed by atoms with Gasteiger partial charge in [-0.15, -0.1) is 0 Å². The monoisotopic (exact) mass is 262 g/mol. The first kappa shape index (κ1) is 11.6. The van der Waals surface area contributed by atoms with E-state index in [-0.39, 0.29) is 5.72 Å². The maximum absolute atomic E-state index is 9.73. The van der Waals surface area contributed by atoms with Crippen molar-refractivity contribution < 1.29 is 19.5 Å². The Bertz CT molecular complexity index is 498.